The third-order valence-corrected chi connectivity index (χ3v) is 6.53. The smallest absolute Gasteiger partial charge is 0.139 e. The summed E-state index contributed by atoms with van der Waals surface area (Å²) in [5.74, 6) is 1.37. The minimum absolute atomic E-state index is 0.106. The molecule has 1 saturated heterocycles. The third-order valence-electron chi connectivity index (χ3n) is 6.23. The van der Waals surface area contributed by atoms with Crippen molar-refractivity contribution in [1.29, 1.82) is 0 Å². The van der Waals surface area contributed by atoms with Crippen LogP contribution >= 0.6 is 11.6 Å². The molecule has 0 spiro atoms. The third kappa shape index (κ3) is 4.81. The monoisotopic (exact) mass is 442 g/mol. The van der Waals surface area contributed by atoms with E-state index in [0.717, 1.165) is 41.5 Å². The Hall–Kier alpha value is -2.28. The van der Waals surface area contributed by atoms with Gasteiger partial charge in [-0.3, -0.25) is 0 Å². The summed E-state index contributed by atoms with van der Waals surface area (Å²) in [4.78, 5) is 9.56. The van der Waals surface area contributed by atoms with Gasteiger partial charge in [0, 0.05) is 42.8 Å². The first-order valence-corrected chi connectivity index (χ1v) is 11.2. The summed E-state index contributed by atoms with van der Waals surface area (Å²) >= 11 is 6.33. The number of hydrogen-bond acceptors (Lipinski definition) is 5. The highest BCUT2D eigenvalue weighted by Gasteiger charge is 2.20. The molecule has 0 atom stereocenters. The van der Waals surface area contributed by atoms with Crippen molar-refractivity contribution in [3.05, 3.63) is 47.2 Å². The number of aromatic nitrogens is 2. The van der Waals surface area contributed by atoms with Gasteiger partial charge in [0.1, 0.15) is 11.4 Å². The van der Waals surface area contributed by atoms with Crippen LogP contribution in [-0.2, 0) is 6.61 Å². The van der Waals surface area contributed by atoms with Crippen molar-refractivity contribution < 1.29 is 9.84 Å². The number of imidazole rings is 1. The number of ether oxygens (including phenoxy) is 1. The van der Waals surface area contributed by atoms with Gasteiger partial charge >= 0.3 is 0 Å². The van der Waals surface area contributed by atoms with E-state index in [1.807, 2.05) is 16.7 Å². The standard InChI is InChI=1S/C24H31ClN4O2/c1-27(2)8-4-17-5-9-28(10-6-17)19-7-11-29-15-22(26-24(29)13-19)20-14-21(25)23(31-3)12-18(20)16-30/h7,11-15,17,30H,4-6,8-10,16H2,1-3H3. The molecule has 0 bridgehead atoms. The fraction of sp³-hybridized carbons (Fsp3) is 0.458. The maximum Gasteiger partial charge on any atom is 0.139 e. The quantitative estimate of drug-likeness (QED) is 0.590. The van der Waals surface area contributed by atoms with Gasteiger partial charge < -0.3 is 24.0 Å². The van der Waals surface area contributed by atoms with Crippen LogP contribution in [0.5, 0.6) is 5.75 Å². The van der Waals surface area contributed by atoms with Crippen molar-refractivity contribution in [2.45, 2.75) is 25.9 Å². The van der Waals surface area contributed by atoms with Gasteiger partial charge in [-0.05, 0) is 69.6 Å². The van der Waals surface area contributed by atoms with Gasteiger partial charge in [-0.25, -0.2) is 4.98 Å². The molecular formula is C24H31ClN4O2. The molecule has 6 nitrogen and oxygen atoms in total. The number of aliphatic hydroxyl groups excluding tert-OH is 1. The number of anilines is 1. The van der Waals surface area contributed by atoms with E-state index in [1.165, 1.54) is 31.5 Å². The Morgan fingerprint density at radius 1 is 1.23 bits per heavy atom. The summed E-state index contributed by atoms with van der Waals surface area (Å²) in [6.45, 7) is 3.23. The van der Waals surface area contributed by atoms with Crippen molar-refractivity contribution in [3.8, 4) is 17.0 Å². The maximum atomic E-state index is 9.83. The Kier molecular flexibility index (Phi) is 6.70. The molecule has 0 aliphatic carbocycles. The number of benzene rings is 1. The average molecular weight is 443 g/mol. The molecule has 2 aromatic heterocycles. The number of methoxy groups -OCH3 is 1. The minimum atomic E-state index is -0.106. The van der Waals surface area contributed by atoms with Gasteiger partial charge in [0.05, 0.1) is 24.4 Å². The minimum Gasteiger partial charge on any atom is -0.495 e. The van der Waals surface area contributed by atoms with Crippen LogP contribution in [0.1, 0.15) is 24.8 Å². The summed E-state index contributed by atoms with van der Waals surface area (Å²) in [5.41, 5.74) is 4.45. The zero-order valence-electron chi connectivity index (χ0n) is 18.5. The first-order valence-electron chi connectivity index (χ1n) is 10.8. The van der Waals surface area contributed by atoms with Crippen LogP contribution in [0.15, 0.2) is 36.7 Å². The molecule has 3 heterocycles. The van der Waals surface area contributed by atoms with Gasteiger partial charge in [0.2, 0.25) is 0 Å². The topological polar surface area (TPSA) is 53.2 Å². The predicted octanol–water partition coefficient (Wildman–Crippen LogP) is 4.32. The number of hydrogen-bond donors (Lipinski definition) is 1. The Balaban J connectivity index is 1.54. The molecule has 0 radical (unpaired) electrons. The van der Waals surface area contributed by atoms with E-state index in [2.05, 4.69) is 42.2 Å². The van der Waals surface area contributed by atoms with Gasteiger partial charge in [-0.1, -0.05) is 11.6 Å². The second-order valence-corrected chi connectivity index (χ2v) is 9.01. The second kappa shape index (κ2) is 9.47. The highest BCUT2D eigenvalue weighted by atomic mass is 35.5. The highest BCUT2D eigenvalue weighted by Crippen LogP contribution is 2.34. The van der Waals surface area contributed by atoms with Crippen LogP contribution in [0.25, 0.3) is 16.9 Å². The number of piperidine rings is 1. The Labute approximate surface area is 189 Å². The van der Waals surface area contributed by atoms with Gasteiger partial charge in [-0.15, -0.1) is 0 Å². The lowest BCUT2D eigenvalue weighted by molar-refractivity contribution is 0.281. The molecule has 0 amide bonds. The van der Waals surface area contributed by atoms with Gasteiger partial charge in [0.15, 0.2) is 0 Å². The number of rotatable bonds is 7. The first kappa shape index (κ1) is 21.9. The lowest BCUT2D eigenvalue weighted by atomic mass is 9.93. The maximum absolute atomic E-state index is 9.83. The number of nitrogens with zero attached hydrogens (tertiary/aromatic N) is 4. The largest absolute Gasteiger partial charge is 0.495 e. The molecule has 1 fully saturated rings. The molecule has 166 valence electrons. The molecular weight excluding hydrogens is 412 g/mol. The fourth-order valence-electron chi connectivity index (χ4n) is 4.34. The number of halogens is 1. The van der Waals surface area contributed by atoms with Gasteiger partial charge in [-0.2, -0.15) is 0 Å². The molecule has 1 aliphatic heterocycles. The van der Waals surface area contributed by atoms with Crippen molar-refractivity contribution in [3.63, 3.8) is 0 Å². The van der Waals surface area contributed by atoms with Crippen LogP contribution < -0.4 is 9.64 Å². The molecule has 7 heteroatoms. The molecule has 0 saturated carbocycles. The Morgan fingerprint density at radius 2 is 2.00 bits per heavy atom. The normalized spacial score (nSPS) is 15.2. The second-order valence-electron chi connectivity index (χ2n) is 8.60. The van der Waals surface area contributed by atoms with E-state index in [-0.39, 0.29) is 6.61 Å². The molecule has 1 aliphatic rings. The summed E-state index contributed by atoms with van der Waals surface area (Å²) in [6, 6.07) is 7.89. The predicted molar refractivity (Wildman–Crippen MR) is 126 cm³/mol. The highest BCUT2D eigenvalue weighted by molar-refractivity contribution is 6.32. The van der Waals surface area contributed by atoms with Gasteiger partial charge in [0.25, 0.3) is 0 Å². The first-order chi connectivity index (χ1) is 15.0. The van der Waals surface area contributed by atoms with Crippen LogP contribution in [0, 0.1) is 5.92 Å². The summed E-state index contributed by atoms with van der Waals surface area (Å²) in [6.07, 6.45) is 7.79. The van der Waals surface area contributed by atoms with E-state index in [1.54, 1.807) is 13.2 Å². The summed E-state index contributed by atoms with van der Waals surface area (Å²) in [7, 11) is 5.86. The number of pyridine rings is 1. The lowest BCUT2D eigenvalue weighted by Crippen LogP contribution is -2.34. The van der Waals surface area contributed by atoms with E-state index in [4.69, 9.17) is 21.3 Å². The zero-order chi connectivity index (χ0) is 22.0. The van der Waals surface area contributed by atoms with Crippen molar-refractivity contribution in [2.24, 2.45) is 5.92 Å². The van der Waals surface area contributed by atoms with E-state index in [9.17, 15) is 5.11 Å². The van der Waals surface area contributed by atoms with Crippen molar-refractivity contribution >= 4 is 22.9 Å². The summed E-state index contributed by atoms with van der Waals surface area (Å²) < 4.78 is 7.29. The number of fused-ring (bicyclic) bond motifs is 1. The Morgan fingerprint density at radius 3 is 2.68 bits per heavy atom. The molecule has 1 aromatic carbocycles. The van der Waals surface area contributed by atoms with E-state index < -0.39 is 0 Å². The van der Waals surface area contributed by atoms with E-state index >= 15 is 0 Å². The zero-order valence-corrected chi connectivity index (χ0v) is 19.3. The molecule has 4 rings (SSSR count). The molecule has 31 heavy (non-hydrogen) atoms. The SMILES string of the molecule is COc1cc(CO)c(-c2cn3ccc(N4CCC(CCN(C)C)CC4)cc3n2)cc1Cl. The van der Waals surface area contributed by atoms with Crippen molar-refractivity contribution in [1.82, 2.24) is 14.3 Å². The lowest BCUT2D eigenvalue weighted by Gasteiger charge is -2.34. The molecule has 0 unspecified atom stereocenters. The van der Waals surface area contributed by atoms with Crippen LogP contribution in [-0.4, -0.2) is 60.2 Å². The van der Waals surface area contributed by atoms with E-state index in [0.29, 0.717) is 10.8 Å². The average Bonchev–Trinajstić information content (AvgIpc) is 3.21. The van der Waals surface area contributed by atoms with Crippen LogP contribution in [0.3, 0.4) is 0 Å². The Bertz CT molecular complexity index is 1040. The summed E-state index contributed by atoms with van der Waals surface area (Å²) in [5, 5.41) is 10.3. The van der Waals surface area contributed by atoms with Crippen LogP contribution in [0.2, 0.25) is 5.02 Å². The van der Waals surface area contributed by atoms with Crippen LogP contribution in [0.4, 0.5) is 5.69 Å². The number of aliphatic hydroxyl groups is 1. The molecule has 3 aromatic rings. The fourth-order valence-corrected chi connectivity index (χ4v) is 4.58. The molecule has 1 N–H and O–H groups in total. The van der Waals surface area contributed by atoms with Crippen molar-refractivity contribution in [2.75, 3.05) is 45.7 Å².